The van der Waals surface area contributed by atoms with Gasteiger partial charge in [0.05, 0.1) is 39.9 Å². The highest BCUT2D eigenvalue weighted by molar-refractivity contribution is 7.47. The van der Waals surface area contributed by atoms with Gasteiger partial charge in [0.15, 0.2) is 0 Å². The quantitative estimate of drug-likeness (QED) is 0.0243. The molecular formula is C60H118N2O6P+. The Morgan fingerprint density at radius 2 is 0.797 bits per heavy atom. The first-order chi connectivity index (χ1) is 33.5. The molecule has 0 heterocycles. The Morgan fingerprint density at radius 1 is 0.478 bits per heavy atom. The fourth-order valence-electron chi connectivity index (χ4n) is 8.88. The highest BCUT2D eigenvalue weighted by atomic mass is 31.2. The maximum Gasteiger partial charge on any atom is 0.472 e. The zero-order chi connectivity index (χ0) is 50.6. The predicted octanol–water partition coefficient (Wildman–Crippen LogP) is 18.2. The van der Waals surface area contributed by atoms with Crippen molar-refractivity contribution in [2.45, 2.75) is 302 Å². The summed E-state index contributed by atoms with van der Waals surface area (Å²) in [5, 5.41) is 13.9. The zero-order valence-corrected chi connectivity index (χ0v) is 47.5. The van der Waals surface area contributed by atoms with Gasteiger partial charge in [0, 0.05) is 6.42 Å². The topological polar surface area (TPSA) is 105 Å². The van der Waals surface area contributed by atoms with Gasteiger partial charge in [0.2, 0.25) is 5.91 Å². The number of quaternary nitrogens is 1. The minimum atomic E-state index is -4.36. The van der Waals surface area contributed by atoms with Gasteiger partial charge in [-0.2, -0.15) is 0 Å². The molecule has 9 heteroatoms. The van der Waals surface area contributed by atoms with Crippen LogP contribution in [0.15, 0.2) is 36.5 Å². The van der Waals surface area contributed by atoms with Gasteiger partial charge >= 0.3 is 7.82 Å². The summed E-state index contributed by atoms with van der Waals surface area (Å²) in [5.74, 6) is -0.184. The van der Waals surface area contributed by atoms with Crippen LogP contribution in [0.2, 0.25) is 0 Å². The fraction of sp³-hybridized carbons (Fsp3) is 0.883. The van der Waals surface area contributed by atoms with Crippen LogP contribution in [0.25, 0.3) is 0 Å². The molecule has 0 aliphatic carbocycles. The molecule has 0 saturated heterocycles. The number of aliphatic hydroxyl groups excluding tert-OH is 1. The highest BCUT2D eigenvalue weighted by Gasteiger charge is 2.27. The van der Waals surface area contributed by atoms with E-state index < -0.39 is 20.0 Å². The molecule has 3 N–H and O–H groups in total. The Hall–Kier alpha value is -1.28. The second kappa shape index (κ2) is 51.6. The first-order valence-electron chi connectivity index (χ1n) is 29.9. The van der Waals surface area contributed by atoms with E-state index in [1.165, 1.54) is 231 Å². The number of allylic oxidation sites excluding steroid dienone is 5. The van der Waals surface area contributed by atoms with Crippen molar-refractivity contribution in [3.8, 4) is 0 Å². The second-order valence-electron chi connectivity index (χ2n) is 21.7. The third-order valence-corrected chi connectivity index (χ3v) is 14.6. The summed E-state index contributed by atoms with van der Waals surface area (Å²) < 4.78 is 23.7. The number of likely N-dealkylation sites (N-methyl/N-ethyl adjacent to an activating group) is 1. The first-order valence-corrected chi connectivity index (χ1v) is 31.4. The molecule has 3 unspecified atom stereocenters. The monoisotopic (exact) mass is 994 g/mol. The number of carbonyl (C=O) groups is 1. The van der Waals surface area contributed by atoms with Crippen LogP contribution in [-0.4, -0.2) is 73.4 Å². The summed E-state index contributed by atoms with van der Waals surface area (Å²) in [7, 11) is 1.56. The van der Waals surface area contributed by atoms with Gasteiger partial charge in [-0.05, 0) is 57.8 Å². The maximum absolute atomic E-state index is 13.0. The van der Waals surface area contributed by atoms with E-state index in [0.29, 0.717) is 17.4 Å². The molecule has 0 spiro atoms. The van der Waals surface area contributed by atoms with Crippen LogP contribution in [0.3, 0.4) is 0 Å². The third-order valence-electron chi connectivity index (χ3n) is 13.6. The van der Waals surface area contributed by atoms with Crippen molar-refractivity contribution in [1.82, 2.24) is 5.32 Å². The average molecular weight is 995 g/mol. The number of hydrogen-bond acceptors (Lipinski definition) is 5. The van der Waals surface area contributed by atoms with E-state index in [1.807, 2.05) is 27.2 Å². The lowest BCUT2D eigenvalue weighted by molar-refractivity contribution is -0.870. The largest absolute Gasteiger partial charge is 0.472 e. The van der Waals surface area contributed by atoms with E-state index in [2.05, 4.69) is 43.5 Å². The molecular weight excluding hydrogens is 876 g/mol. The summed E-state index contributed by atoms with van der Waals surface area (Å²) in [5.41, 5.74) is 0. The lowest BCUT2D eigenvalue weighted by atomic mass is 10.0. The zero-order valence-electron chi connectivity index (χ0n) is 46.6. The Kier molecular flexibility index (Phi) is 50.7. The average Bonchev–Trinajstić information content (AvgIpc) is 3.31. The van der Waals surface area contributed by atoms with E-state index in [0.717, 1.165) is 38.5 Å². The van der Waals surface area contributed by atoms with Gasteiger partial charge < -0.3 is 19.8 Å². The molecule has 0 saturated carbocycles. The Balaban J connectivity index is 4.23. The van der Waals surface area contributed by atoms with Crippen LogP contribution >= 0.6 is 7.82 Å². The molecule has 0 aromatic carbocycles. The van der Waals surface area contributed by atoms with E-state index in [1.54, 1.807) is 6.08 Å². The Bertz CT molecular complexity index is 1220. The molecule has 0 aliphatic rings. The number of unbranched alkanes of at least 4 members (excludes halogenated alkanes) is 38. The molecule has 0 aromatic rings. The lowest BCUT2D eigenvalue weighted by Gasteiger charge is -2.25. The lowest BCUT2D eigenvalue weighted by Crippen LogP contribution is -2.45. The minimum Gasteiger partial charge on any atom is -0.387 e. The van der Waals surface area contributed by atoms with Gasteiger partial charge in [-0.25, -0.2) is 4.57 Å². The first kappa shape index (κ1) is 67.7. The van der Waals surface area contributed by atoms with Crippen molar-refractivity contribution in [2.75, 3.05) is 40.9 Å². The number of nitrogens with one attached hydrogen (secondary N) is 1. The number of aliphatic hydroxyl groups is 1. The predicted molar refractivity (Wildman–Crippen MR) is 300 cm³/mol. The highest BCUT2D eigenvalue weighted by Crippen LogP contribution is 2.43. The van der Waals surface area contributed by atoms with Gasteiger partial charge in [-0.1, -0.05) is 262 Å². The molecule has 408 valence electrons. The van der Waals surface area contributed by atoms with Gasteiger partial charge in [-0.3, -0.25) is 13.8 Å². The van der Waals surface area contributed by atoms with E-state index in [9.17, 15) is 19.4 Å². The molecule has 0 aromatic heterocycles. The summed E-state index contributed by atoms with van der Waals surface area (Å²) >= 11 is 0. The smallest absolute Gasteiger partial charge is 0.387 e. The van der Waals surface area contributed by atoms with Crippen molar-refractivity contribution in [3.63, 3.8) is 0 Å². The van der Waals surface area contributed by atoms with Crippen molar-refractivity contribution < 1.29 is 32.9 Å². The van der Waals surface area contributed by atoms with E-state index >= 15 is 0 Å². The standard InChI is InChI=1S/C60H117N2O6P/c1-6-8-10-12-14-16-18-20-22-24-26-28-30-32-33-35-37-39-41-43-45-47-49-51-53-59(63)58(57-68-69(65,66)67-56-55-62(3,4)5)61-60(64)54-52-50-48-46-44-42-40-38-36-34-31-29-27-25-23-21-19-17-15-13-11-9-7-2/h25,27,43,45,51,53,58-59,63H,6-24,26,28-42,44,46-50,52,54-57H2,1-5H3,(H-,61,64,65,66)/p+1/b27-25-,45-43+,53-51+. The molecule has 0 radical (unpaired) electrons. The van der Waals surface area contributed by atoms with Crippen LogP contribution in [0, 0.1) is 0 Å². The van der Waals surface area contributed by atoms with Gasteiger partial charge in [0.25, 0.3) is 0 Å². The molecule has 0 fully saturated rings. The minimum absolute atomic E-state index is 0.0569. The van der Waals surface area contributed by atoms with E-state index in [4.69, 9.17) is 9.05 Å². The summed E-state index contributed by atoms with van der Waals surface area (Å²) in [4.78, 5) is 23.3. The Labute approximate surface area is 429 Å². The van der Waals surface area contributed by atoms with Crippen LogP contribution in [0.4, 0.5) is 0 Å². The number of phosphoric ester groups is 1. The van der Waals surface area contributed by atoms with Crippen molar-refractivity contribution in [2.24, 2.45) is 0 Å². The third kappa shape index (κ3) is 54.3. The van der Waals surface area contributed by atoms with Crippen LogP contribution < -0.4 is 5.32 Å². The Morgan fingerprint density at radius 3 is 1.16 bits per heavy atom. The maximum atomic E-state index is 13.0. The second-order valence-corrected chi connectivity index (χ2v) is 23.2. The number of phosphoric acid groups is 1. The van der Waals surface area contributed by atoms with Crippen molar-refractivity contribution in [1.29, 1.82) is 0 Å². The summed E-state index contributed by atoms with van der Waals surface area (Å²) in [6.07, 6.45) is 66.8. The molecule has 0 bridgehead atoms. The molecule has 8 nitrogen and oxygen atoms in total. The molecule has 0 rings (SSSR count). The van der Waals surface area contributed by atoms with Crippen molar-refractivity contribution in [3.05, 3.63) is 36.5 Å². The fourth-order valence-corrected chi connectivity index (χ4v) is 9.61. The number of amides is 1. The summed E-state index contributed by atoms with van der Waals surface area (Å²) in [6.45, 7) is 4.83. The SMILES string of the molecule is CCCCCCCCCC/C=C\CCCCCCCCCCCCCC(=O)NC(COP(=O)(O)OCC[N+](C)(C)C)C(O)/C=C/CC/C=C/CCCCCCCCCCCCCCCCCCCC. The van der Waals surface area contributed by atoms with Crippen molar-refractivity contribution >= 4 is 13.7 Å². The van der Waals surface area contributed by atoms with Crippen LogP contribution in [-0.2, 0) is 18.4 Å². The molecule has 3 atom stereocenters. The van der Waals surface area contributed by atoms with Crippen LogP contribution in [0.5, 0.6) is 0 Å². The number of carbonyl (C=O) groups excluding carboxylic acids is 1. The van der Waals surface area contributed by atoms with Gasteiger partial charge in [-0.15, -0.1) is 0 Å². The molecule has 69 heavy (non-hydrogen) atoms. The summed E-state index contributed by atoms with van der Waals surface area (Å²) in [6, 6.07) is -0.864. The number of nitrogens with zero attached hydrogens (tertiary/aromatic N) is 1. The van der Waals surface area contributed by atoms with E-state index in [-0.39, 0.29) is 19.1 Å². The van der Waals surface area contributed by atoms with Gasteiger partial charge in [0.1, 0.15) is 13.2 Å². The van der Waals surface area contributed by atoms with Crippen LogP contribution in [0.1, 0.15) is 290 Å². The number of rotatable bonds is 55. The number of hydrogen-bond donors (Lipinski definition) is 3. The normalized spacial score (nSPS) is 14.1. The molecule has 0 aliphatic heterocycles. The molecule has 1 amide bonds.